The van der Waals surface area contributed by atoms with E-state index in [0.29, 0.717) is 40.0 Å². The average molecular weight is 503 g/mol. The summed E-state index contributed by atoms with van der Waals surface area (Å²) in [6.07, 6.45) is 3.15. The summed E-state index contributed by atoms with van der Waals surface area (Å²) in [5, 5.41) is 28.1. The van der Waals surface area contributed by atoms with Crippen LogP contribution in [0, 0.1) is 12.8 Å². The molecule has 0 aliphatic heterocycles. The van der Waals surface area contributed by atoms with Gasteiger partial charge in [-0.2, -0.15) is 4.98 Å². The van der Waals surface area contributed by atoms with Gasteiger partial charge in [0.2, 0.25) is 5.95 Å². The van der Waals surface area contributed by atoms with Crippen molar-refractivity contribution in [3.63, 3.8) is 0 Å². The lowest BCUT2D eigenvalue weighted by Gasteiger charge is -2.22. The fourth-order valence-electron chi connectivity index (χ4n) is 4.90. The number of aliphatic hydroxyl groups is 2. The van der Waals surface area contributed by atoms with Gasteiger partial charge in [-0.1, -0.05) is 0 Å². The molecule has 3 saturated carbocycles. The molecule has 3 aromatic rings. The maximum absolute atomic E-state index is 14.1. The van der Waals surface area contributed by atoms with Crippen LogP contribution in [-0.2, 0) is 0 Å². The zero-order chi connectivity index (χ0) is 24.5. The number of aryl methyl sites for hydroxylation is 1. The summed E-state index contributed by atoms with van der Waals surface area (Å²) in [7, 11) is 0. The first kappa shape index (κ1) is 22.9. The van der Waals surface area contributed by atoms with Gasteiger partial charge in [0.05, 0.1) is 39.7 Å². The first-order valence-electron chi connectivity index (χ1n) is 12.1. The van der Waals surface area contributed by atoms with E-state index >= 15 is 0 Å². The minimum absolute atomic E-state index is 0.0880. The zero-order valence-electron chi connectivity index (χ0n) is 19.5. The van der Waals surface area contributed by atoms with Crippen molar-refractivity contribution in [1.29, 1.82) is 0 Å². The van der Waals surface area contributed by atoms with Crippen molar-refractivity contribution in [1.82, 2.24) is 19.9 Å². The summed E-state index contributed by atoms with van der Waals surface area (Å²) < 4.78 is 29.1. The minimum Gasteiger partial charge on any atom is -0.390 e. The topological polar surface area (TPSA) is 116 Å². The summed E-state index contributed by atoms with van der Waals surface area (Å²) in [5.41, 5.74) is 3.24. The second-order valence-corrected chi connectivity index (χ2v) is 11.2. The Bertz CT molecular complexity index is 1270. The monoisotopic (exact) mass is 502 g/mol. The number of nitrogens with zero attached hydrogens (tertiary/aromatic N) is 4. The van der Waals surface area contributed by atoms with Crippen molar-refractivity contribution in [2.24, 2.45) is 5.92 Å². The maximum Gasteiger partial charge on any atom is 0.250 e. The first-order chi connectivity index (χ1) is 16.7. The number of rotatable bonds is 7. The van der Waals surface area contributed by atoms with E-state index in [1.54, 1.807) is 0 Å². The van der Waals surface area contributed by atoms with Crippen LogP contribution in [0.1, 0.15) is 56.3 Å². The van der Waals surface area contributed by atoms with Crippen LogP contribution in [0.3, 0.4) is 0 Å². The highest BCUT2D eigenvalue weighted by molar-refractivity contribution is 7.21. The van der Waals surface area contributed by atoms with E-state index in [4.69, 9.17) is 4.98 Å². The number of aliphatic hydroxyl groups excluding tert-OH is 2. The van der Waals surface area contributed by atoms with Crippen molar-refractivity contribution >= 4 is 33.3 Å². The van der Waals surface area contributed by atoms with Gasteiger partial charge < -0.3 is 20.8 Å². The quantitative estimate of drug-likeness (QED) is 0.382. The Morgan fingerprint density at radius 1 is 1.06 bits per heavy atom. The van der Waals surface area contributed by atoms with Crippen LogP contribution in [-0.4, -0.2) is 60.4 Å². The van der Waals surface area contributed by atoms with Crippen LogP contribution >= 0.6 is 11.3 Å². The molecule has 186 valence electrons. The number of fused-ring (bicyclic) bond motifs is 1. The summed E-state index contributed by atoms with van der Waals surface area (Å²) in [5.74, 6) is -3.16. The van der Waals surface area contributed by atoms with Crippen molar-refractivity contribution in [2.75, 3.05) is 10.6 Å². The molecule has 0 unspecified atom stereocenters. The van der Waals surface area contributed by atoms with Gasteiger partial charge in [-0.05, 0) is 52.0 Å². The van der Waals surface area contributed by atoms with E-state index in [9.17, 15) is 19.0 Å². The van der Waals surface area contributed by atoms with Gasteiger partial charge in [0.15, 0.2) is 0 Å². The number of alkyl halides is 2. The number of aromatic nitrogens is 4. The van der Waals surface area contributed by atoms with Gasteiger partial charge in [-0.25, -0.2) is 18.7 Å². The Morgan fingerprint density at radius 2 is 1.83 bits per heavy atom. The Hall–Kier alpha value is -2.50. The molecule has 4 N–H and O–H groups in total. The predicted molar refractivity (Wildman–Crippen MR) is 130 cm³/mol. The molecule has 0 spiro atoms. The first-order valence-corrected chi connectivity index (χ1v) is 12.9. The van der Waals surface area contributed by atoms with Gasteiger partial charge in [0.25, 0.3) is 5.92 Å². The fraction of sp³-hybridized carbons (Fsp3) is 0.583. The molecule has 0 radical (unpaired) electrons. The van der Waals surface area contributed by atoms with Crippen LogP contribution in [0.15, 0.2) is 12.3 Å². The number of nitrogens with one attached hydrogen (secondary N) is 2. The summed E-state index contributed by atoms with van der Waals surface area (Å²) >= 11 is 1.51. The largest absolute Gasteiger partial charge is 0.390 e. The second kappa shape index (κ2) is 8.28. The second-order valence-electron chi connectivity index (χ2n) is 10.1. The van der Waals surface area contributed by atoms with Crippen molar-refractivity contribution in [3.8, 4) is 10.6 Å². The lowest BCUT2D eigenvalue weighted by molar-refractivity contribution is -0.0950. The Kier molecular flexibility index (Phi) is 5.42. The molecule has 4 atom stereocenters. The third-order valence-electron chi connectivity index (χ3n) is 7.17. The molecule has 0 aromatic carbocycles. The van der Waals surface area contributed by atoms with Gasteiger partial charge in [-0.3, -0.25) is 4.98 Å². The average Bonchev–Trinajstić information content (AvgIpc) is 3.71. The van der Waals surface area contributed by atoms with Crippen LogP contribution in [0.25, 0.3) is 20.8 Å². The third kappa shape index (κ3) is 4.34. The van der Waals surface area contributed by atoms with Crippen LogP contribution in [0.2, 0.25) is 0 Å². The van der Waals surface area contributed by atoms with Gasteiger partial charge >= 0.3 is 0 Å². The highest BCUT2D eigenvalue weighted by Crippen LogP contribution is 2.45. The van der Waals surface area contributed by atoms with Gasteiger partial charge in [0.1, 0.15) is 22.4 Å². The predicted octanol–water partition coefficient (Wildman–Crippen LogP) is 4.09. The number of anilines is 2. The number of hydrogen-bond donors (Lipinski definition) is 4. The Labute approximate surface area is 205 Å². The number of pyridine rings is 1. The molecule has 3 aromatic heterocycles. The molecule has 3 heterocycles. The zero-order valence-corrected chi connectivity index (χ0v) is 20.3. The normalized spacial score (nSPS) is 26.9. The van der Waals surface area contributed by atoms with E-state index in [2.05, 4.69) is 25.6 Å². The maximum atomic E-state index is 14.1. The number of hydrogen-bond acceptors (Lipinski definition) is 9. The molecule has 6 rings (SSSR count). The number of thiazole rings is 1. The highest BCUT2D eigenvalue weighted by atomic mass is 32.1. The molecule has 3 aliphatic carbocycles. The lowest BCUT2D eigenvalue weighted by atomic mass is 9.98. The third-order valence-corrected chi connectivity index (χ3v) is 8.21. The molecule has 3 fully saturated rings. The minimum atomic E-state index is -3.11. The standard InChI is InChI=1S/C24H28F2N6O2S/c1-10-16(22-31-18-15(35-22)7-8-27-17(18)11-3-4-11)21(32-23(28-10)29-12-5-6-12)30-14-9-13(24(2,25)26)19(33)20(14)34/h7-8,11-14,19-20,33-34H,3-6,9H2,1-2H3,(H2,28,29,30,32)/t13-,14+,19+,20-/m0/s1. The summed E-state index contributed by atoms with van der Waals surface area (Å²) in [6.45, 7) is 2.65. The van der Waals surface area contributed by atoms with Crippen molar-refractivity contribution in [2.45, 2.75) is 82.1 Å². The molecule has 0 amide bonds. The van der Waals surface area contributed by atoms with E-state index < -0.39 is 30.1 Å². The molecule has 0 bridgehead atoms. The van der Waals surface area contributed by atoms with Gasteiger partial charge in [-0.15, -0.1) is 11.3 Å². The molecule has 0 saturated heterocycles. The van der Waals surface area contributed by atoms with E-state index in [1.807, 2.05) is 19.2 Å². The van der Waals surface area contributed by atoms with Crippen LogP contribution in [0.4, 0.5) is 20.5 Å². The molecular weight excluding hydrogens is 474 g/mol. The number of halogens is 2. The molecule has 8 nitrogen and oxygen atoms in total. The Morgan fingerprint density at radius 3 is 2.49 bits per heavy atom. The van der Waals surface area contributed by atoms with Gasteiger partial charge in [0, 0.05) is 18.2 Å². The van der Waals surface area contributed by atoms with E-state index in [-0.39, 0.29) is 6.42 Å². The van der Waals surface area contributed by atoms with E-state index in [0.717, 1.165) is 48.5 Å². The summed E-state index contributed by atoms with van der Waals surface area (Å²) in [6, 6.07) is 1.48. The van der Waals surface area contributed by atoms with Crippen LogP contribution < -0.4 is 10.6 Å². The molecule has 35 heavy (non-hydrogen) atoms. The molecule has 3 aliphatic rings. The Balaban J connectivity index is 1.40. The SMILES string of the molecule is Cc1nc(NC2CC2)nc(N[C@@H]2C[C@H](C(C)(F)F)[C@@H](O)[C@H]2O)c1-c1nc2c(C3CC3)nccc2s1. The van der Waals surface area contributed by atoms with Crippen molar-refractivity contribution < 1.29 is 19.0 Å². The smallest absolute Gasteiger partial charge is 0.250 e. The highest BCUT2D eigenvalue weighted by Gasteiger charge is 2.51. The van der Waals surface area contributed by atoms with E-state index in [1.165, 1.54) is 11.3 Å². The molecular formula is C24H28F2N6O2S. The van der Waals surface area contributed by atoms with Crippen LogP contribution in [0.5, 0.6) is 0 Å². The molecule has 11 heteroatoms. The fourth-order valence-corrected chi connectivity index (χ4v) is 5.97. The lowest BCUT2D eigenvalue weighted by Crippen LogP contribution is -2.38. The van der Waals surface area contributed by atoms with Crippen molar-refractivity contribution in [3.05, 3.63) is 23.7 Å². The summed E-state index contributed by atoms with van der Waals surface area (Å²) in [4.78, 5) is 18.8.